The Morgan fingerprint density at radius 3 is 2.06 bits per heavy atom. The molecule has 6 rings (SSSR count). The monoisotopic (exact) mass is 658 g/mol. The lowest BCUT2D eigenvalue weighted by molar-refractivity contribution is 0.142. The topological polar surface area (TPSA) is 142 Å². The molecular weight excluding hydrogens is 624 g/mol. The highest BCUT2D eigenvalue weighted by molar-refractivity contribution is 6.28. The number of rotatable bonds is 10. The molecule has 244 valence electrons. The van der Waals surface area contributed by atoms with Crippen molar-refractivity contribution in [3.05, 3.63) is 100 Å². The zero-order valence-corrected chi connectivity index (χ0v) is 27.0. The first-order valence-corrected chi connectivity index (χ1v) is 15.4. The number of fused-ring (bicyclic) bond motifs is 1. The number of aliphatic hydroxyl groups excluding tert-OH is 1. The summed E-state index contributed by atoms with van der Waals surface area (Å²) in [6, 6.07) is 17.5. The number of amides is 1. The van der Waals surface area contributed by atoms with E-state index in [1.165, 1.54) is 9.42 Å². The highest BCUT2D eigenvalue weighted by Crippen LogP contribution is 2.30. The van der Waals surface area contributed by atoms with E-state index in [0.29, 0.717) is 62.0 Å². The van der Waals surface area contributed by atoms with Gasteiger partial charge in [0.25, 0.3) is 0 Å². The number of hydrogen-bond acceptors (Lipinski definition) is 10. The Labute approximate surface area is 276 Å². The van der Waals surface area contributed by atoms with Gasteiger partial charge in [0.1, 0.15) is 23.4 Å². The van der Waals surface area contributed by atoms with Gasteiger partial charge in [0.15, 0.2) is 11.5 Å². The molecule has 1 saturated heterocycles. The average Bonchev–Trinajstić information content (AvgIpc) is 3.51. The van der Waals surface area contributed by atoms with Crippen molar-refractivity contribution < 1.29 is 24.5 Å². The van der Waals surface area contributed by atoms with E-state index in [1.54, 1.807) is 26.6 Å². The van der Waals surface area contributed by atoms with Crippen molar-refractivity contribution in [2.75, 3.05) is 50.2 Å². The van der Waals surface area contributed by atoms with Crippen LogP contribution >= 0.6 is 11.6 Å². The van der Waals surface area contributed by atoms with Crippen LogP contribution in [-0.2, 0) is 13.1 Å². The summed E-state index contributed by atoms with van der Waals surface area (Å²) in [5, 5.41) is 25.3. The molecule has 0 bridgehead atoms. The standard InChI is InChI=1S/C33H35ClN8O5/c1-21-16-24(17-35-29(21)39-12-14-40(15-13-39)33(44)45)28(43)27-18-36-30-31(37-32(34)38-42(27)30)41(19-22-4-8-25(46-2)9-5-22)20-23-6-10-26(47-3)11-7-23/h4-11,16-18,28,43H,12-15,19-20H2,1-3H3,(H,44,45). The van der Waals surface area contributed by atoms with E-state index in [4.69, 9.17) is 21.1 Å². The van der Waals surface area contributed by atoms with Gasteiger partial charge in [0.05, 0.1) is 26.1 Å². The second-order valence-corrected chi connectivity index (χ2v) is 11.6. The molecule has 1 atom stereocenters. The van der Waals surface area contributed by atoms with E-state index in [9.17, 15) is 15.0 Å². The highest BCUT2D eigenvalue weighted by atomic mass is 35.5. The van der Waals surface area contributed by atoms with Crippen LogP contribution in [0.1, 0.15) is 34.1 Å². The summed E-state index contributed by atoms with van der Waals surface area (Å²) in [6.45, 7) is 4.76. The summed E-state index contributed by atoms with van der Waals surface area (Å²) >= 11 is 6.52. The summed E-state index contributed by atoms with van der Waals surface area (Å²) in [4.78, 5) is 30.7. The molecular formula is C33H35ClN8O5. The van der Waals surface area contributed by atoms with Crippen LogP contribution in [0.25, 0.3) is 5.65 Å². The van der Waals surface area contributed by atoms with Gasteiger partial charge < -0.3 is 34.4 Å². The number of aliphatic hydroxyl groups is 1. The minimum atomic E-state index is -1.11. The first-order chi connectivity index (χ1) is 22.7. The van der Waals surface area contributed by atoms with Crippen LogP contribution in [0.3, 0.4) is 0 Å². The van der Waals surface area contributed by atoms with E-state index < -0.39 is 12.2 Å². The molecule has 1 fully saturated rings. The number of ether oxygens (including phenoxy) is 2. The molecule has 0 spiro atoms. The Bertz CT molecular complexity index is 1810. The molecule has 2 aromatic carbocycles. The van der Waals surface area contributed by atoms with Crippen molar-refractivity contribution in [1.82, 2.24) is 29.5 Å². The van der Waals surface area contributed by atoms with Gasteiger partial charge in [-0.15, -0.1) is 5.10 Å². The number of piperazine rings is 1. The molecule has 3 aromatic heterocycles. The lowest BCUT2D eigenvalue weighted by Crippen LogP contribution is -2.48. The van der Waals surface area contributed by atoms with Crippen LogP contribution in [0.4, 0.5) is 16.4 Å². The van der Waals surface area contributed by atoms with Crippen molar-refractivity contribution in [3.63, 3.8) is 0 Å². The van der Waals surface area contributed by atoms with E-state index in [0.717, 1.165) is 34.0 Å². The molecule has 47 heavy (non-hydrogen) atoms. The number of nitrogens with zero attached hydrogens (tertiary/aromatic N) is 8. The molecule has 14 heteroatoms. The number of pyridine rings is 1. The van der Waals surface area contributed by atoms with Gasteiger partial charge in [0.2, 0.25) is 5.28 Å². The third-order valence-electron chi connectivity index (χ3n) is 8.23. The molecule has 1 amide bonds. The minimum absolute atomic E-state index is 0.00133. The third kappa shape index (κ3) is 6.86. The maximum atomic E-state index is 11.6. The van der Waals surface area contributed by atoms with Crippen molar-refractivity contribution in [2.45, 2.75) is 26.1 Å². The molecule has 0 aliphatic carbocycles. The molecule has 0 saturated carbocycles. The normalized spacial score (nSPS) is 13.9. The zero-order valence-electron chi connectivity index (χ0n) is 26.2. The highest BCUT2D eigenvalue weighted by Gasteiger charge is 2.26. The fraction of sp³-hybridized carbons (Fsp3) is 0.303. The lowest BCUT2D eigenvalue weighted by Gasteiger charge is -2.34. The van der Waals surface area contributed by atoms with E-state index in [-0.39, 0.29) is 5.28 Å². The number of halogens is 1. The van der Waals surface area contributed by atoms with Gasteiger partial charge in [-0.05, 0) is 65.5 Å². The number of aromatic nitrogens is 5. The molecule has 1 aliphatic rings. The maximum absolute atomic E-state index is 11.6. The Balaban J connectivity index is 1.31. The Hall–Kier alpha value is -5.14. The van der Waals surface area contributed by atoms with Gasteiger partial charge >= 0.3 is 6.09 Å². The number of anilines is 2. The number of carboxylic acid groups (broad SMARTS) is 1. The van der Waals surface area contributed by atoms with Gasteiger partial charge in [-0.25, -0.2) is 19.3 Å². The smallest absolute Gasteiger partial charge is 0.407 e. The van der Waals surface area contributed by atoms with Crippen molar-refractivity contribution in [3.8, 4) is 11.5 Å². The Morgan fingerprint density at radius 1 is 0.936 bits per heavy atom. The van der Waals surface area contributed by atoms with Crippen molar-refractivity contribution >= 4 is 35.0 Å². The molecule has 0 radical (unpaired) electrons. The zero-order chi connectivity index (χ0) is 33.1. The molecule has 5 aromatic rings. The summed E-state index contributed by atoms with van der Waals surface area (Å²) in [6.07, 6.45) is 1.17. The summed E-state index contributed by atoms with van der Waals surface area (Å²) < 4.78 is 12.2. The van der Waals surface area contributed by atoms with Crippen LogP contribution in [0.5, 0.6) is 11.5 Å². The van der Waals surface area contributed by atoms with Crippen LogP contribution in [-0.4, -0.2) is 86.2 Å². The fourth-order valence-electron chi connectivity index (χ4n) is 5.72. The van der Waals surface area contributed by atoms with Gasteiger partial charge in [-0.3, -0.25) is 0 Å². The quantitative estimate of drug-likeness (QED) is 0.218. The van der Waals surface area contributed by atoms with E-state index >= 15 is 0 Å². The number of aryl methyl sites for hydroxylation is 1. The Morgan fingerprint density at radius 2 is 1.53 bits per heavy atom. The van der Waals surface area contributed by atoms with Crippen LogP contribution in [0, 0.1) is 6.92 Å². The van der Waals surface area contributed by atoms with Gasteiger partial charge in [-0.1, -0.05) is 24.3 Å². The SMILES string of the molecule is COc1ccc(CN(Cc2ccc(OC)cc2)c2nc(Cl)nn3c(C(O)c4cnc(N5CCN(C(=O)O)CC5)c(C)c4)cnc23)cc1. The van der Waals surface area contributed by atoms with E-state index in [2.05, 4.69) is 29.9 Å². The average molecular weight is 659 g/mol. The van der Waals surface area contributed by atoms with Crippen molar-refractivity contribution in [2.24, 2.45) is 0 Å². The molecule has 4 heterocycles. The largest absolute Gasteiger partial charge is 0.497 e. The van der Waals surface area contributed by atoms with Crippen LogP contribution in [0.2, 0.25) is 5.28 Å². The van der Waals surface area contributed by atoms with Crippen LogP contribution < -0.4 is 19.3 Å². The molecule has 1 unspecified atom stereocenters. The first-order valence-electron chi connectivity index (χ1n) is 15.0. The van der Waals surface area contributed by atoms with Gasteiger partial charge in [0, 0.05) is 51.0 Å². The third-order valence-corrected chi connectivity index (χ3v) is 8.39. The van der Waals surface area contributed by atoms with Crippen LogP contribution in [0.15, 0.2) is 67.0 Å². The van der Waals surface area contributed by atoms with Crippen molar-refractivity contribution in [1.29, 1.82) is 0 Å². The summed E-state index contributed by atoms with van der Waals surface area (Å²) in [5.41, 5.74) is 4.29. The summed E-state index contributed by atoms with van der Waals surface area (Å²) in [7, 11) is 3.26. The predicted molar refractivity (Wildman–Crippen MR) is 177 cm³/mol. The number of imidazole rings is 1. The van der Waals surface area contributed by atoms with Gasteiger partial charge in [-0.2, -0.15) is 4.98 Å². The maximum Gasteiger partial charge on any atom is 0.407 e. The van der Waals surface area contributed by atoms with E-state index in [1.807, 2.05) is 61.5 Å². The Kier molecular flexibility index (Phi) is 9.27. The number of benzene rings is 2. The number of carbonyl (C=O) groups is 1. The lowest BCUT2D eigenvalue weighted by atomic mass is 10.1. The molecule has 1 aliphatic heterocycles. The molecule has 2 N–H and O–H groups in total. The fourth-order valence-corrected chi connectivity index (χ4v) is 5.87. The predicted octanol–water partition coefficient (Wildman–Crippen LogP) is 4.59. The number of methoxy groups -OCH3 is 2. The molecule has 13 nitrogen and oxygen atoms in total. The second-order valence-electron chi connectivity index (χ2n) is 11.2. The first kappa shape index (κ1) is 31.8. The summed E-state index contributed by atoms with van der Waals surface area (Å²) in [5.74, 6) is 2.77. The number of hydrogen-bond donors (Lipinski definition) is 2. The minimum Gasteiger partial charge on any atom is -0.497 e. The second kappa shape index (κ2) is 13.7.